The van der Waals surface area contributed by atoms with Gasteiger partial charge in [-0.3, -0.25) is 4.79 Å². The number of carbonyl (C=O) groups excluding carboxylic acids is 1. The van der Waals surface area contributed by atoms with Crippen LogP contribution in [0.1, 0.15) is 22.0 Å². The molecule has 0 radical (unpaired) electrons. The number of rotatable bonds is 5. The standard InChI is InChI=1S/C19H23N3O4S/c1-20-27(24,25)15-9-7-14(8-10-15)19(23)22-12-11-21-13-17(22)16-5-3-4-6-18(16)26-2/h3-10,17,20-21H,11-13H2,1-2H3. The molecule has 1 aliphatic heterocycles. The van der Waals surface area contributed by atoms with Gasteiger partial charge in [0, 0.05) is 30.8 Å². The summed E-state index contributed by atoms with van der Waals surface area (Å²) >= 11 is 0. The average molecular weight is 389 g/mol. The lowest BCUT2D eigenvalue weighted by Crippen LogP contribution is -2.48. The van der Waals surface area contributed by atoms with Crippen LogP contribution in [0.25, 0.3) is 0 Å². The number of para-hydroxylation sites is 1. The highest BCUT2D eigenvalue weighted by atomic mass is 32.2. The lowest BCUT2D eigenvalue weighted by atomic mass is 10.0. The molecule has 144 valence electrons. The van der Waals surface area contributed by atoms with Crippen LogP contribution in [0.2, 0.25) is 0 Å². The predicted molar refractivity (Wildman–Crippen MR) is 102 cm³/mol. The molecule has 0 saturated carbocycles. The molecule has 2 aromatic rings. The second-order valence-electron chi connectivity index (χ2n) is 6.19. The Morgan fingerprint density at radius 3 is 2.56 bits per heavy atom. The van der Waals surface area contributed by atoms with Crippen molar-refractivity contribution >= 4 is 15.9 Å². The van der Waals surface area contributed by atoms with Gasteiger partial charge in [0.25, 0.3) is 5.91 Å². The molecule has 0 aromatic heterocycles. The van der Waals surface area contributed by atoms with Crippen molar-refractivity contribution in [3.8, 4) is 5.75 Å². The summed E-state index contributed by atoms with van der Waals surface area (Å²) < 4.78 is 31.4. The number of amides is 1. The number of hydrogen-bond donors (Lipinski definition) is 2. The molecule has 2 N–H and O–H groups in total. The van der Waals surface area contributed by atoms with Crippen molar-refractivity contribution in [2.24, 2.45) is 0 Å². The van der Waals surface area contributed by atoms with Crippen molar-refractivity contribution < 1.29 is 17.9 Å². The Kier molecular flexibility index (Phi) is 5.79. The monoisotopic (exact) mass is 389 g/mol. The number of hydrogen-bond acceptors (Lipinski definition) is 5. The summed E-state index contributed by atoms with van der Waals surface area (Å²) in [6.45, 7) is 1.88. The Balaban J connectivity index is 1.90. The lowest BCUT2D eigenvalue weighted by molar-refractivity contribution is 0.0631. The number of sulfonamides is 1. The van der Waals surface area contributed by atoms with Crippen molar-refractivity contribution in [3.05, 3.63) is 59.7 Å². The molecular weight excluding hydrogens is 366 g/mol. The molecule has 0 spiro atoms. The fraction of sp³-hybridized carbons (Fsp3) is 0.316. The number of nitrogens with zero attached hydrogens (tertiary/aromatic N) is 1. The topological polar surface area (TPSA) is 87.7 Å². The van der Waals surface area contributed by atoms with Crippen molar-refractivity contribution in [1.82, 2.24) is 14.9 Å². The summed E-state index contributed by atoms with van der Waals surface area (Å²) in [4.78, 5) is 15.0. The Morgan fingerprint density at radius 1 is 1.19 bits per heavy atom. The number of nitrogens with one attached hydrogen (secondary N) is 2. The first-order chi connectivity index (χ1) is 13.0. The zero-order valence-corrected chi connectivity index (χ0v) is 16.1. The van der Waals surface area contributed by atoms with Gasteiger partial charge in [0.15, 0.2) is 0 Å². The molecule has 1 unspecified atom stereocenters. The minimum atomic E-state index is -3.53. The minimum Gasteiger partial charge on any atom is -0.496 e. The number of carbonyl (C=O) groups is 1. The van der Waals surface area contributed by atoms with Gasteiger partial charge in [-0.2, -0.15) is 0 Å². The molecule has 1 aliphatic rings. The van der Waals surface area contributed by atoms with E-state index in [0.717, 1.165) is 11.3 Å². The first kappa shape index (κ1) is 19.3. The summed E-state index contributed by atoms with van der Waals surface area (Å²) in [6.07, 6.45) is 0. The molecule has 7 nitrogen and oxygen atoms in total. The van der Waals surface area contributed by atoms with Gasteiger partial charge in [-0.15, -0.1) is 0 Å². The van der Waals surface area contributed by atoms with Crippen molar-refractivity contribution in [2.75, 3.05) is 33.8 Å². The summed E-state index contributed by atoms with van der Waals surface area (Å²) in [5.74, 6) is 0.597. The predicted octanol–water partition coefficient (Wildman–Crippen LogP) is 1.39. The summed E-state index contributed by atoms with van der Waals surface area (Å²) in [7, 11) is -0.562. The van der Waals surface area contributed by atoms with E-state index < -0.39 is 10.0 Å². The van der Waals surface area contributed by atoms with Crippen LogP contribution >= 0.6 is 0 Å². The van der Waals surface area contributed by atoms with Crippen molar-refractivity contribution in [3.63, 3.8) is 0 Å². The van der Waals surface area contributed by atoms with Gasteiger partial charge in [-0.25, -0.2) is 13.1 Å². The Bertz CT molecular complexity index is 913. The number of benzene rings is 2. The van der Waals surface area contributed by atoms with Gasteiger partial charge in [0.05, 0.1) is 18.0 Å². The molecule has 1 fully saturated rings. The normalized spacial score (nSPS) is 17.6. The SMILES string of the molecule is CNS(=O)(=O)c1ccc(C(=O)N2CCNCC2c2ccccc2OC)cc1. The van der Waals surface area contributed by atoms with Crippen LogP contribution in [0, 0.1) is 0 Å². The number of piperazine rings is 1. The van der Waals surface area contributed by atoms with E-state index in [2.05, 4.69) is 10.0 Å². The smallest absolute Gasteiger partial charge is 0.254 e. The lowest BCUT2D eigenvalue weighted by Gasteiger charge is -2.37. The first-order valence-corrected chi connectivity index (χ1v) is 10.1. The largest absolute Gasteiger partial charge is 0.496 e. The molecule has 0 bridgehead atoms. The maximum atomic E-state index is 13.1. The van der Waals surface area contributed by atoms with Crippen LogP contribution in [-0.4, -0.2) is 53.0 Å². The third-order valence-electron chi connectivity index (χ3n) is 4.68. The molecule has 0 aliphatic carbocycles. The molecule has 1 atom stereocenters. The van der Waals surface area contributed by atoms with Gasteiger partial charge in [0.2, 0.25) is 10.0 Å². The van der Waals surface area contributed by atoms with Crippen molar-refractivity contribution in [2.45, 2.75) is 10.9 Å². The van der Waals surface area contributed by atoms with Crippen LogP contribution in [0.3, 0.4) is 0 Å². The quantitative estimate of drug-likeness (QED) is 0.807. The van der Waals surface area contributed by atoms with E-state index in [4.69, 9.17) is 4.74 Å². The number of methoxy groups -OCH3 is 1. The van der Waals surface area contributed by atoms with Gasteiger partial charge in [0.1, 0.15) is 5.75 Å². The maximum absolute atomic E-state index is 13.1. The van der Waals surface area contributed by atoms with Crippen molar-refractivity contribution in [1.29, 1.82) is 0 Å². The fourth-order valence-corrected chi connectivity index (χ4v) is 3.96. The highest BCUT2D eigenvalue weighted by Gasteiger charge is 2.30. The Labute approximate surface area is 159 Å². The second kappa shape index (κ2) is 8.08. The van der Waals surface area contributed by atoms with E-state index in [1.807, 2.05) is 24.3 Å². The van der Waals surface area contributed by atoms with Crippen LogP contribution < -0.4 is 14.8 Å². The van der Waals surface area contributed by atoms with Crippen LogP contribution in [0.15, 0.2) is 53.4 Å². The fourth-order valence-electron chi connectivity index (χ4n) is 3.23. The average Bonchev–Trinajstić information content (AvgIpc) is 2.73. The second-order valence-corrected chi connectivity index (χ2v) is 8.08. The zero-order valence-electron chi connectivity index (χ0n) is 15.3. The van der Waals surface area contributed by atoms with E-state index in [1.165, 1.54) is 19.2 Å². The summed E-state index contributed by atoms with van der Waals surface area (Å²) in [5.41, 5.74) is 1.39. The molecule has 2 aromatic carbocycles. The zero-order chi connectivity index (χ0) is 19.4. The van der Waals surface area contributed by atoms with E-state index >= 15 is 0 Å². The van der Waals surface area contributed by atoms with E-state index in [9.17, 15) is 13.2 Å². The van der Waals surface area contributed by atoms with Gasteiger partial charge in [-0.1, -0.05) is 18.2 Å². The Hall–Kier alpha value is -2.42. The van der Waals surface area contributed by atoms with Crippen LogP contribution in [0.5, 0.6) is 5.75 Å². The van der Waals surface area contributed by atoms with Gasteiger partial charge < -0.3 is 15.0 Å². The first-order valence-electron chi connectivity index (χ1n) is 8.66. The molecule has 1 saturated heterocycles. The summed E-state index contributed by atoms with van der Waals surface area (Å²) in [6, 6.07) is 13.5. The van der Waals surface area contributed by atoms with Crippen LogP contribution in [-0.2, 0) is 10.0 Å². The Morgan fingerprint density at radius 2 is 1.89 bits per heavy atom. The highest BCUT2D eigenvalue weighted by Crippen LogP contribution is 2.31. The van der Waals surface area contributed by atoms with E-state index in [1.54, 1.807) is 24.1 Å². The van der Waals surface area contributed by atoms with Gasteiger partial charge in [-0.05, 0) is 37.4 Å². The molecule has 1 amide bonds. The summed E-state index contributed by atoms with van der Waals surface area (Å²) in [5, 5.41) is 3.32. The highest BCUT2D eigenvalue weighted by molar-refractivity contribution is 7.89. The molecule has 3 rings (SSSR count). The van der Waals surface area contributed by atoms with Gasteiger partial charge >= 0.3 is 0 Å². The molecular formula is C19H23N3O4S. The van der Waals surface area contributed by atoms with E-state index in [0.29, 0.717) is 25.2 Å². The third kappa shape index (κ3) is 3.97. The maximum Gasteiger partial charge on any atom is 0.254 e. The molecule has 1 heterocycles. The van der Waals surface area contributed by atoms with Crippen LogP contribution in [0.4, 0.5) is 0 Å². The number of ether oxygens (including phenoxy) is 1. The molecule has 8 heteroatoms. The third-order valence-corrected chi connectivity index (χ3v) is 6.11. The minimum absolute atomic E-state index is 0.128. The molecule has 27 heavy (non-hydrogen) atoms. The van der Waals surface area contributed by atoms with E-state index in [-0.39, 0.29) is 16.8 Å².